The number of hydrogen-bond donors (Lipinski definition) is 3. The summed E-state index contributed by atoms with van der Waals surface area (Å²) in [5.74, 6) is 0.281. The van der Waals surface area contributed by atoms with E-state index in [2.05, 4.69) is 41.3 Å². The lowest BCUT2D eigenvalue weighted by molar-refractivity contribution is 0.0943. The Morgan fingerprint density at radius 2 is 2.30 bits per heavy atom. The van der Waals surface area contributed by atoms with Crippen LogP contribution in [0.3, 0.4) is 0 Å². The summed E-state index contributed by atoms with van der Waals surface area (Å²) in [5, 5.41) is 9.83. The molecule has 1 fully saturated rings. The zero-order chi connectivity index (χ0) is 14.7. The lowest BCUT2D eigenvalue weighted by atomic mass is 10.2. The first-order valence-corrected chi connectivity index (χ1v) is 7.36. The van der Waals surface area contributed by atoms with E-state index in [1.807, 2.05) is 0 Å². The number of likely N-dealkylation sites (N-methyl/N-ethyl adjacent to an activating group) is 1. The molecular weight excluding hydrogens is 254 g/mol. The molecule has 1 atom stereocenters. The fourth-order valence-electron chi connectivity index (χ4n) is 2.18. The van der Waals surface area contributed by atoms with Crippen LogP contribution >= 0.6 is 0 Å². The number of hydrogen-bond acceptors (Lipinski definition) is 4. The normalized spacial score (nSPS) is 16.4. The molecule has 20 heavy (non-hydrogen) atoms. The van der Waals surface area contributed by atoms with Crippen molar-refractivity contribution in [3.63, 3.8) is 0 Å². The molecule has 1 aliphatic rings. The fourth-order valence-corrected chi connectivity index (χ4v) is 2.18. The van der Waals surface area contributed by atoms with Crippen molar-refractivity contribution in [3.8, 4) is 0 Å². The molecule has 1 unspecified atom stereocenters. The number of nitrogens with one attached hydrogen (secondary N) is 2. The third-order valence-electron chi connectivity index (χ3n) is 4.13. The van der Waals surface area contributed by atoms with Gasteiger partial charge >= 0.3 is 0 Å². The highest BCUT2D eigenvalue weighted by Gasteiger charge is 2.30. The number of nitrogens with zero attached hydrogens (tertiary/aromatic N) is 2. The quantitative estimate of drug-likeness (QED) is 0.702. The van der Waals surface area contributed by atoms with Crippen molar-refractivity contribution >= 4 is 11.6 Å². The summed E-state index contributed by atoms with van der Waals surface area (Å²) in [6, 6.07) is 0.517. The average Bonchev–Trinajstić information content (AvgIpc) is 3.20. The van der Waals surface area contributed by atoms with Crippen LogP contribution in [-0.2, 0) is 0 Å². The summed E-state index contributed by atoms with van der Waals surface area (Å²) in [4.78, 5) is 14.3. The molecule has 0 saturated heterocycles. The van der Waals surface area contributed by atoms with Gasteiger partial charge in [-0.3, -0.25) is 9.89 Å². The summed E-state index contributed by atoms with van der Waals surface area (Å²) in [5.41, 5.74) is 7.75. The van der Waals surface area contributed by atoms with Gasteiger partial charge in [0.25, 0.3) is 5.91 Å². The Kier molecular flexibility index (Phi) is 4.65. The SMILES string of the molecule is CCC(C)N(C)CCNC(=O)c1n[nH]c(C2CC2)c1N. The van der Waals surface area contributed by atoms with E-state index >= 15 is 0 Å². The summed E-state index contributed by atoms with van der Waals surface area (Å²) in [6.07, 6.45) is 3.36. The van der Waals surface area contributed by atoms with Crippen molar-refractivity contribution in [1.82, 2.24) is 20.4 Å². The smallest absolute Gasteiger partial charge is 0.273 e. The minimum atomic E-state index is -0.191. The predicted octanol–water partition coefficient (Wildman–Crippen LogP) is 1.33. The second-order valence-corrected chi connectivity index (χ2v) is 5.67. The Morgan fingerprint density at radius 1 is 1.60 bits per heavy atom. The standard InChI is InChI=1S/C14H25N5O/c1-4-9(2)19(3)8-7-16-14(20)13-11(15)12(17-18-13)10-5-6-10/h9-10H,4-8,15H2,1-3H3,(H,16,20)(H,17,18). The predicted molar refractivity (Wildman–Crippen MR) is 79.7 cm³/mol. The topological polar surface area (TPSA) is 87.0 Å². The van der Waals surface area contributed by atoms with E-state index in [-0.39, 0.29) is 5.91 Å². The maximum absolute atomic E-state index is 12.1. The van der Waals surface area contributed by atoms with Crippen LogP contribution in [0.1, 0.15) is 55.2 Å². The monoisotopic (exact) mass is 279 g/mol. The first-order valence-electron chi connectivity index (χ1n) is 7.36. The molecule has 0 spiro atoms. The summed E-state index contributed by atoms with van der Waals surface area (Å²) in [6.45, 7) is 5.75. The van der Waals surface area contributed by atoms with Crippen molar-refractivity contribution in [2.75, 3.05) is 25.9 Å². The van der Waals surface area contributed by atoms with E-state index < -0.39 is 0 Å². The van der Waals surface area contributed by atoms with Gasteiger partial charge in [-0.15, -0.1) is 0 Å². The Hall–Kier alpha value is -1.56. The zero-order valence-electron chi connectivity index (χ0n) is 12.6. The average molecular weight is 279 g/mol. The highest BCUT2D eigenvalue weighted by Crippen LogP contribution is 2.42. The molecule has 6 heteroatoms. The number of carbonyl (C=O) groups is 1. The van der Waals surface area contributed by atoms with Gasteiger partial charge in [0.15, 0.2) is 5.69 Å². The van der Waals surface area contributed by atoms with Crippen LogP contribution in [0.15, 0.2) is 0 Å². The molecule has 1 aromatic rings. The Balaban J connectivity index is 1.83. The van der Waals surface area contributed by atoms with Gasteiger partial charge in [-0.2, -0.15) is 5.10 Å². The summed E-state index contributed by atoms with van der Waals surface area (Å²) in [7, 11) is 2.06. The molecular formula is C14H25N5O. The lowest BCUT2D eigenvalue weighted by Gasteiger charge is -2.23. The molecule has 0 radical (unpaired) electrons. The van der Waals surface area contributed by atoms with Crippen LogP contribution < -0.4 is 11.1 Å². The highest BCUT2D eigenvalue weighted by molar-refractivity contribution is 5.97. The molecule has 6 nitrogen and oxygen atoms in total. The molecule has 1 aliphatic carbocycles. The van der Waals surface area contributed by atoms with E-state index in [0.717, 1.165) is 31.5 Å². The van der Waals surface area contributed by atoms with E-state index in [9.17, 15) is 4.79 Å². The first-order chi connectivity index (χ1) is 9.54. The first kappa shape index (κ1) is 14.8. The molecule has 1 saturated carbocycles. The number of aromatic amines is 1. The molecule has 0 bridgehead atoms. The van der Waals surface area contributed by atoms with Crippen LogP contribution in [0.4, 0.5) is 5.69 Å². The molecule has 1 amide bonds. The number of nitrogens with two attached hydrogens (primary N) is 1. The zero-order valence-corrected chi connectivity index (χ0v) is 12.6. The lowest BCUT2D eigenvalue weighted by Crippen LogP contribution is -2.37. The van der Waals surface area contributed by atoms with E-state index in [0.29, 0.717) is 29.9 Å². The molecule has 1 heterocycles. The van der Waals surface area contributed by atoms with Gasteiger partial charge in [-0.1, -0.05) is 6.92 Å². The van der Waals surface area contributed by atoms with Crippen molar-refractivity contribution in [2.45, 2.75) is 45.1 Å². The van der Waals surface area contributed by atoms with E-state index in [1.54, 1.807) is 0 Å². The Bertz CT molecular complexity index is 466. The molecule has 0 aliphatic heterocycles. The van der Waals surface area contributed by atoms with Crippen molar-refractivity contribution in [1.29, 1.82) is 0 Å². The van der Waals surface area contributed by atoms with Gasteiger partial charge in [0.2, 0.25) is 0 Å². The number of aromatic nitrogens is 2. The van der Waals surface area contributed by atoms with Crippen molar-refractivity contribution in [2.24, 2.45) is 0 Å². The largest absolute Gasteiger partial charge is 0.395 e. The van der Waals surface area contributed by atoms with Gasteiger partial charge < -0.3 is 16.0 Å². The van der Waals surface area contributed by atoms with Crippen LogP contribution in [-0.4, -0.2) is 47.2 Å². The summed E-state index contributed by atoms with van der Waals surface area (Å²) < 4.78 is 0. The molecule has 112 valence electrons. The van der Waals surface area contributed by atoms with Crippen molar-refractivity contribution in [3.05, 3.63) is 11.4 Å². The third-order valence-corrected chi connectivity index (χ3v) is 4.13. The number of anilines is 1. The second kappa shape index (κ2) is 6.26. The fraction of sp³-hybridized carbons (Fsp3) is 0.714. The number of amides is 1. The maximum atomic E-state index is 12.1. The molecule has 2 rings (SSSR count). The van der Waals surface area contributed by atoms with Gasteiger partial charge in [0.05, 0.1) is 11.4 Å². The maximum Gasteiger partial charge on any atom is 0.273 e. The summed E-state index contributed by atoms with van der Waals surface area (Å²) >= 11 is 0. The Morgan fingerprint density at radius 3 is 2.90 bits per heavy atom. The minimum Gasteiger partial charge on any atom is -0.395 e. The number of H-pyrrole nitrogens is 1. The van der Waals surface area contributed by atoms with E-state index in [4.69, 9.17) is 5.73 Å². The number of carbonyl (C=O) groups excluding carboxylic acids is 1. The van der Waals surface area contributed by atoms with Gasteiger partial charge in [0.1, 0.15) is 0 Å². The molecule has 0 aromatic carbocycles. The van der Waals surface area contributed by atoms with Crippen molar-refractivity contribution < 1.29 is 4.79 Å². The highest BCUT2D eigenvalue weighted by atomic mass is 16.1. The van der Waals surface area contributed by atoms with E-state index in [1.165, 1.54) is 0 Å². The molecule has 4 N–H and O–H groups in total. The van der Waals surface area contributed by atoms with Gasteiger partial charge in [-0.25, -0.2) is 0 Å². The third kappa shape index (κ3) is 3.30. The van der Waals surface area contributed by atoms with Crippen LogP contribution in [0.2, 0.25) is 0 Å². The van der Waals surface area contributed by atoms with Gasteiger partial charge in [0, 0.05) is 25.0 Å². The minimum absolute atomic E-state index is 0.191. The van der Waals surface area contributed by atoms with Crippen LogP contribution in [0, 0.1) is 0 Å². The number of nitrogen functional groups attached to an aromatic ring is 1. The van der Waals surface area contributed by atoms with Gasteiger partial charge in [-0.05, 0) is 33.2 Å². The Labute approximate surface area is 120 Å². The second-order valence-electron chi connectivity index (χ2n) is 5.67. The van der Waals surface area contributed by atoms with Crippen LogP contribution in [0.25, 0.3) is 0 Å². The van der Waals surface area contributed by atoms with Crippen LogP contribution in [0.5, 0.6) is 0 Å². The number of rotatable bonds is 7. The molecule has 1 aromatic heterocycles.